The maximum absolute atomic E-state index is 11.9. The molecule has 0 saturated carbocycles. The number of nitrogens with zero attached hydrogens (tertiary/aromatic N) is 2. The Labute approximate surface area is 133 Å². The molecule has 1 aromatic carbocycles. The van der Waals surface area contributed by atoms with Crippen LogP contribution in [0.2, 0.25) is 0 Å². The molecule has 112 valence electrons. The van der Waals surface area contributed by atoms with Crippen molar-refractivity contribution in [1.29, 1.82) is 5.26 Å². The first kappa shape index (κ1) is 16.0. The van der Waals surface area contributed by atoms with E-state index in [4.69, 9.17) is 18.4 Å². The number of hydrogen-bond donors (Lipinski definition) is 2. The second kappa shape index (κ2) is 7.09. The van der Waals surface area contributed by atoms with E-state index in [1.165, 1.54) is 12.3 Å². The molecule has 0 atom stereocenters. The lowest BCUT2D eigenvalue weighted by molar-refractivity contribution is -0.135. The molecule has 8 heteroatoms. The molecule has 0 unspecified atom stereocenters. The predicted octanol–water partition coefficient (Wildman–Crippen LogP) is 0.897. The van der Waals surface area contributed by atoms with Gasteiger partial charge in [-0.15, -0.1) is 0 Å². The summed E-state index contributed by atoms with van der Waals surface area (Å²) in [5.74, 6) is -1.91. The zero-order valence-electron chi connectivity index (χ0n) is 11.8. The molecule has 0 aliphatic heterocycles. The highest BCUT2D eigenvalue weighted by Crippen LogP contribution is 2.26. The van der Waals surface area contributed by atoms with Crippen molar-refractivity contribution in [3.63, 3.8) is 0 Å². The van der Waals surface area contributed by atoms with E-state index >= 15 is 0 Å². The van der Waals surface area contributed by atoms with Crippen LogP contribution in [0.3, 0.4) is 0 Å². The summed E-state index contributed by atoms with van der Waals surface area (Å²) in [5, 5.41) is 19.7. The first-order chi connectivity index (χ1) is 11.0. The van der Waals surface area contributed by atoms with Crippen molar-refractivity contribution < 1.29 is 19.3 Å². The molecule has 1 heterocycles. The summed E-state index contributed by atoms with van der Waals surface area (Å²) in [4.78, 5) is 26.3. The first-order valence-corrected chi connectivity index (χ1v) is 6.42. The summed E-state index contributed by atoms with van der Waals surface area (Å²) < 4.78 is 4.66. The summed E-state index contributed by atoms with van der Waals surface area (Å²) in [6.07, 6.45) is 1.41. The Balaban J connectivity index is 2.34. The SMILES string of the molecule is [B]Oc1cc(-c2cccc(C#N)c2)cnc1C(=O)NCC(=O)O. The summed E-state index contributed by atoms with van der Waals surface area (Å²) in [5.41, 5.74) is 1.64. The van der Waals surface area contributed by atoms with Gasteiger partial charge in [0, 0.05) is 11.8 Å². The van der Waals surface area contributed by atoms with Gasteiger partial charge in [0.2, 0.25) is 0 Å². The van der Waals surface area contributed by atoms with E-state index in [1.807, 2.05) is 6.07 Å². The topological polar surface area (TPSA) is 112 Å². The largest absolute Gasteiger partial charge is 0.566 e. The monoisotopic (exact) mass is 307 g/mol. The molecule has 2 radical (unpaired) electrons. The minimum Gasteiger partial charge on any atom is -0.566 e. The molecular weight excluding hydrogens is 297 g/mol. The predicted molar refractivity (Wildman–Crippen MR) is 80.7 cm³/mol. The number of carbonyl (C=O) groups excluding carboxylic acids is 1. The highest BCUT2D eigenvalue weighted by atomic mass is 16.4. The number of hydrogen-bond acceptors (Lipinski definition) is 5. The fourth-order valence-corrected chi connectivity index (χ4v) is 1.87. The molecule has 0 saturated heterocycles. The van der Waals surface area contributed by atoms with Crippen molar-refractivity contribution in [3.8, 4) is 22.9 Å². The molecule has 0 aliphatic rings. The molecule has 7 nitrogen and oxygen atoms in total. The third-order valence-corrected chi connectivity index (χ3v) is 2.92. The molecule has 1 aromatic heterocycles. The number of pyridine rings is 1. The molecule has 0 aliphatic carbocycles. The van der Waals surface area contributed by atoms with Crippen molar-refractivity contribution in [2.45, 2.75) is 0 Å². The summed E-state index contributed by atoms with van der Waals surface area (Å²) in [7, 11) is 5.16. The van der Waals surface area contributed by atoms with Crippen LogP contribution in [0, 0.1) is 11.3 Å². The molecule has 2 N–H and O–H groups in total. The Morgan fingerprint density at radius 2 is 2.13 bits per heavy atom. The number of carbonyl (C=O) groups is 2. The number of aliphatic carboxylic acids is 1. The molecule has 0 fully saturated rings. The van der Waals surface area contributed by atoms with Crippen LogP contribution in [0.1, 0.15) is 16.1 Å². The van der Waals surface area contributed by atoms with Crippen molar-refractivity contribution >= 4 is 19.9 Å². The van der Waals surface area contributed by atoms with Crippen LogP contribution in [-0.2, 0) is 4.79 Å². The van der Waals surface area contributed by atoms with Gasteiger partial charge < -0.3 is 15.1 Å². The van der Waals surface area contributed by atoms with Gasteiger partial charge in [0.15, 0.2) is 5.69 Å². The second-order valence-electron chi connectivity index (χ2n) is 4.46. The molecule has 2 rings (SSSR count). The van der Waals surface area contributed by atoms with E-state index in [0.29, 0.717) is 16.7 Å². The molecule has 1 amide bonds. The van der Waals surface area contributed by atoms with Crippen LogP contribution in [0.15, 0.2) is 36.5 Å². The number of rotatable bonds is 5. The lowest BCUT2D eigenvalue weighted by Crippen LogP contribution is -2.30. The van der Waals surface area contributed by atoms with Gasteiger partial charge in [0.25, 0.3) is 5.91 Å². The number of carboxylic acid groups (broad SMARTS) is 1. The van der Waals surface area contributed by atoms with Crippen molar-refractivity contribution in [3.05, 3.63) is 47.8 Å². The highest BCUT2D eigenvalue weighted by molar-refractivity contribution is 6.03. The molecule has 23 heavy (non-hydrogen) atoms. The van der Waals surface area contributed by atoms with E-state index in [2.05, 4.69) is 15.0 Å². The minimum atomic E-state index is -1.18. The van der Waals surface area contributed by atoms with Crippen molar-refractivity contribution in [2.75, 3.05) is 6.54 Å². The summed E-state index contributed by atoms with van der Waals surface area (Å²) >= 11 is 0. The number of aromatic nitrogens is 1. The molecule has 0 spiro atoms. The highest BCUT2D eigenvalue weighted by Gasteiger charge is 2.15. The third kappa shape index (κ3) is 3.86. The quantitative estimate of drug-likeness (QED) is 0.794. The van der Waals surface area contributed by atoms with Crippen LogP contribution in [0.5, 0.6) is 5.75 Å². The summed E-state index contributed by atoms with van der Waals surface area (Å²) in [6, 6.07) is 10.3. The number of amides is 1. The van der Waals surface area contributed by atoms with Crippen molar-refractivity contribution in [1.82, 2.24) is 10.3 Å². The first-order valence-electron chi connectivity index (χ1n) is 6.42. The Hall–Kier alpha value is -3.34. The number of benzene rings is 1. The maximum Gasteiger partial charge on any atom is 0.374 e. The second-order valence-corrected chi connectivity index (χ2v) is 4.46. The fraction of sp³-hybridized carbons (Fsp3) is 0.0667. The van der Waals surface area contributed by atoms with E-state index in [-0.39, 0.29) is 11.4 Å². The average Bonchev–Trinajstić information content (AvgIpc) is 2.59. The van der Waals surface area contributed by atoms with Crippen LogP contribution in [0.25, 0.3) is 11.1 Å². The van der Waals surface area contributed by atoms with E-state index in [0.717, 1.165) is 0 Å². The molecule has 2 aromatic rings. The van der Waals surface area contributed by atoms with Gasteiger partial charge in [-0.3, -0.25) is 9.59 Å². The normalized spacial score (nSPS) is 9.70. The van der Waals surface area contributed by atoms with E-state index in [1.54, 1.807) is 24.3 Å². The van der Waals surface area contributed by atoms with Crippen LogP contribution in [0.4, 0.5) is 0 Å². The standard InChI is InChI=1S/C15H10BN3O4/c16-23-12-5-11(10-3-1-2-9(4-10)6-17)7-18-14(12)15(22)19-8-13(20)21/h1-5,7H,8H2,(H,19,22)(H,20,21). The van der Waals surface area contributed by atoms with Gasteiger partial charge in [-0.1, -0.05) is 12.1 Å². The number of nitriles is 1. The fourth-order valence-electron chi connectivity index (χ4n) is 1.87. The Bertz CT molecular complexity index is 802. The minimum absolute atomic E-state index is 0.00671. The van der Waals surface area contributed by atoms with E-state index in [9.17, 15) is 9.59 Å². The third-order valence-electron chi connectivity index (χ3n) is 2.92. The molecule has 0 bridgehead atoms. The average molecular weight is 307 g/mol. The zero-order valence-corrected chi connectivity index (χ0v) is 11.8. The maximum atomic E-state index is 11.9. The van der Waals surface area contributed by atoms with E-state index < -0.39 is 18.4 Å². The number of carboxylic acids is 1. The number of nitrogens with one attached hydrogen (secondary N) is 1. The Morgan fingerprint density at radius 1 is 1.35 bits per heavy atom. The zero-order chi connectivity index (χ0) is 16.8. The Morgan fingerprint density at radius 3 is 2.78 bits per heavy atom. The van der Waals surface area contributed by atoms with Gasteiger partial charge in [-0.05, 0) is 23.8 Å². The van der Waals surface area contributed by atoms with Gasteiger partial charge in [-0.25, -0.2) is 4.98 Å². The summed E-state index contributed by atoms with van der Waals surface area (Å²) in [6.45, 7) is -0.545. The van der Waals surface area contributed by atoms with Gasteiger partial charge in [0.05, 0.1) is 11.6 Å². The lowest BCUT2D eigenvalue weighted by Gasteiger charge is -2.10. The van der Waals surface area contributed by atoms with Crippen LogP contribution in [-0.4, -0.2) is 36.6 Å². The molecular formula is C15H10BN3O4. The van der Waals surface area contributed by atoms with Gasteiger partial charge in [0.1, 0.15) is 12.3 Å². The van der Waals surface area contributed by atoms with Crippen LogP contribution < -0.4 is 9.97 Å². The van der Waals surface area contributed by atoms with Gasteiger partial charge >= 0.3 is 14.0 Å². The van der Waals surface area contributed by atoms with Crippen LogP contribution >= 0.6 is 0 Å². The smallest absolute Gasteiger partial charge is 0.374 e. The van der Waals surface area contributed by atoms with Gasteiger partial charge in [-0.2, -0.15) is 5.26 Å². The van der Waals surface area contributed by atoms with Crippen molar-refractivity contribution in [2.24, 2.45) is 0 Å². The lowest BCUT2D eigenvalue weighted by atomic mass is 10.0. The Kier molecular flexibility index (Phi) is 4.94.